The van der Waals surface area contributed by atoms with Crippen LogP contribution in [0.4, 0.5) is 0 Å². The number of hydrogen-bond acceptors (Lipinski definition) is 3. The Kier molecular flexibility index (Phi) is 9.47. The minimum Gasteiger partial charge on any atom is -0.484 e. The topological polar surface area (TPSA) is 58.6 Å². The fourth-order valence-electron chi connectivity index (χ4n) is 4.03. The van der Waals surface area contributed by atoms with E-state index in [1.807, 2.05) is 92.7 Å². The van der Waals surface area contributed by atoms with Gasteiger partial charge in [-0.1, -0.05) is 86.1 Å². The van der Waals surface area contributed by atoms with Gasteiger partial charge in [0.2, 0.25) is 5.91 Å². The molecule has 0 aromatic heterocycles. The van der Waals surface area contributed by atoms with Crippen molar-refractivity contribution >= 4 is 11.8 Å². The highest BCUT2D eigenvalue weighted by Gasteiger charge is 2.30. The summed E-state index contributed by atoms with van der Waals surface area (Å²) in [7, 11) is 0. The number of likely N-dealkylation sites (N-methyl/N-ethyl adjacent to an activating group) is 1. The van der Waals surface area contributed by atoms with E-state index in [-0.39, 0.29) is 18.4 Å². The molecule has 5 nitrogen and oxygen atoms in total. The van der Waals surface area contributed by atoms with Gasteiger partial charge in [-0.3, -0.25) is 9.59 Å². The zero-order chi connectivity index (χ0) is 25.2. The molecule has 0 radical (unpaired) electrons. The molecule has 0 saturated heterocycles. The van der Waals surface area contributed by atoms with Crippen LogP contribution < -0.4 is 10.1 Å². The smallest absolute Gasteiger partial charge is 0.261 e. The lowest BCUT2D eigenvalue weighted by Crippen LogP contribution is -2.51. The number of carbonyl (C=O) groups is 2. The molecule has 0 heterocycles. The van der Waals surface area contributed by atoms with E-state index in [0.717, 1.165) is 16.7 Å². The molecule has 3 aromatic rings. The summed E-state index contributed by atoms with van der Waals surface area (Å²) in [6, 6.07) is 25.0. The average Bonchev–Trinajstić information content (AvgIpc) is 2.85. The lowest BCUT2D eigenvalue weighted by Gasteiger charge is -2.31. The summed E-state index contributed by atoms with van der Waals surface area (Å²) in [6.45, 7) is 8.85. The van der Waals surface area contributed by atoms with E-state index in [0.29, 0.717) is 31.2 Å². The van der Waals surface area contributed by atoms with Gasteiger partial charge in [0.15, 0.2) is 6.61 Å². The van der Waals surface area contributed by atoms with E-state index >= 15 is 0 Å². The van der Waals surface area contributed by atoms with Gasteiger partial charge >= 0.3 is 0 Å². The van der Waals surface area contributed by atoms with E-state index in [1.165, 1.54) is 5.56 Å². The van der Waals surface area contributed by atoms with Crippen LogP contribution in [0.25, 0.3) is 0 Å². The quantitative estimate of drug-likeness (QED) is 0.413. The number of benzene rings is 3. The first-order valence-electron chi connectivity index (χ1n) is 12.3. The van der Waals surface area contributed by atoms with Crippen LogP contribution in [0.5, 0.6) is 5.75 Å². The van der Waals surface area contributed by atoms with Gasteiger partial charge in [0.25, 0.3) is 5.91 Å². The maximum atomic E-state index is 13.5. The molecule has 5 heteroatoms. The Balaban J connectivity index is 1.86. The maximum absolute atomic E-state index is 13.5. The zero-order valence-corrected chi connectivity index (χ0v) is 21.2. The molecule has 0 bridgehead atoms. The van der Waals surface area contributed by atoms with Crippen LogP contribution in [0, 0.1) is 6.92 Å². The highest BCUT2D eigenvalue weighted by atomic mass is 16.5. The summed E-state index contributed by atoms with van der Waals surface area (Å²) in [4.78, 5) is 28.4. The largest absolute Gasteiger partial charge is 0.484 e. The normalized spacial score (nSPS) is 11.7. The Morgan fingerprint density at radius 3 is 2.23 bits per heavy atom. The van der Waals surface area contributed by atoms with Crippen LogP contribution in [-0.4, -0.2) is 35.9 Å². The molecule has 0 fully saturated rings. The number of nitrogens with zero attached hydrogens (tertiary/aromatic N) is 1. The molecule has 0 aliphatic carbocycles. The first-order valence-corrected chi connectivity index (χ1v) is 12.3. The molecule has 0 aliphatic heterocycles. The third-order valence-electron chi connectivity index (χ3n) is 5.97. The van der Waals surface area contributed by atoms with E-state index in [4.69, 9.17) is 4.74 Å². The molecule has 35 heavy (non-hydrogen) atoms. The number of hydrogen-bond donors (Lipinski definition) is 1. The molecule has 0 spiro atoms. The first-order chi connectivity index (χ1) is 16.9. The predicted octanol–water partition coefficient (Wildman–Crippen LogP) is 5.27. The Bertz CT molecular complexity index is 1090. The van der Waals surface area contributed by atoms with Gasteiger partial charge in [-0.2, -0.15) is 0 Å². The molecule has 1 atom stereocenters. The van der Waals surface area contributed by atoms with Crippen LogP contribution in [0.15, 0.2) is 78.9 Å². The van der Waals surface area contributed by atoms with Gasteiger partial charge in [0.1, 0.15) is 11.8 Å². The van der Waals surface area contributed by atoms with Crippen molar-refractivity contribution in [2.45, 2.75) is 52.6 Å². The standard InChI is InChI=1S/C30H36N2O3/c1-5-31-30(34)28(19-24-11-7-6-8-12-24)32(20-25-13-9-10-23(4)18-25)29(33)21-35-27-16-14-26(15-17-27)22(2)3/h6-18,22,28H,5,19-21H2,1-4H3,(H,31,34). The summed E-state index contributed by atoms with van der Waals surface area (Å²) in [5, 5.41) is 2.92. The number of rotatable bonds is 11. The summed E-state index contributed by atoms with van der Waals surface area (Å²) in [5.41, 5.74) is 4.29. The summed E-state index contributed by atoms with van der Waals surface area (Å²) < 4.78 is 5.86. The van der Waals surface area contributed by atoms with E-state index in [9.17, 15) is 9.59 Å². The van der Waals surface area contributed by atoms with Crippen molar-refractivity contribution in [2.24, 2.45) is 0 Å². The average molecular weight is 473 g/mol. The van der Waals surface area contributed by atoms with E-state index in [2.05, 4.69) is 19.2 Å². The van der Waals surface area contributed by atoms with Gasteiger partial charge < -0.3 is 15.0 Å². The van der Waals surface area contributed by atoms with Crippen molar-refractivity contribution in [1.82, 2.24) is 10.2 Å². The molecule has 1 N–H and O–H groups in total. The fraction of sp³-hybridized carbons (Fsp3) is 0.333. The predicted molar refractivity (Wildman–Crippen MR) is 140 cm³/mol. The summed E-state index contributed by atoms with van der Waals surface area (Å²) >= 11 is 0. The summed E-state index contributed by atoms with van der Waals surface area (Å²) in [5.74, 6) is 0.660. The van der Waals surface area contributed by atoms with Crippen LogP contribution in [0.1, 0.15) is 48.9 Å². The molecule has 3 rings (SSSR count). The van der Waals surface area contributed by atoms with Crippen molar-refractivity contribution in [1.29, 1.82) is 0 Å². The summed E-state index contributed by atoms with van der Waals surface area (Å²) in [6.07, 6.45) is 0.424. The first kappa shape index (κ1) is 26.0. The zero-order valence-electron chi connectivity index (χ0n) is 21.2. The lowest BCUT2D eigenvalue weighted by atomic mass is 10.0. The molecule has 2 amide bonds. The van der Waals surface area contributed by atoms with Crippen molar-refractivity contribution in [3.63, 3.8) is 0 Å². The molecule has 0 aliphatic rings. The van der Waals surface area contributed by atoms with Crippen LogP contribution in [0.2, 0.25) is 0 Å². The second kappa shape index (κ2) is 12.7. The van der Waals surface area contributed by atoms with Crippen molar-refractivity contribution in [3.8, 4) is 5.75 Å². The van der Waals surface area contributed by atoms with Gasteiger partial charge in [-0.15, -0.1) is 0 Å². The number of nitrogens with one attached hydrogen (secondary N) is 1. The third-order valence-corrected chi connectivity index (χ3v) is 5.97. The minimum atomic E-state index is -0.655. The second-order valence-corrected chi connectivity index (χ2v) is 9.12. The molecular formula is C30H36N2O3. The Morgan fingerprint density at radius 2 is 1.60 bits per heavy atom. The molecule has 3 aromatic carbocycles. The lowest BCUT2D eigenvalue weighted by molar-refractivity contribution is -0.142. The fourth-order valence-corrected chi connectivity index (χ4v) is 4.03. The van der Waals surface area contributed by atoms with Crippen molar-refractivity contribution in [3.05, 3.63) is 101 Å². The molecular weight excluding hydrogens is 436 g/mol. The maximum Gasteiger partial charge on any atom is 0.261 e. The monoisotopic (exact) mass is 472 g/mol. The van der Waals surface area contributed by atoms with Crippen molar-refractivity contribution < 1.29 is 14.3 Å². The van der Waals surface area contributed by atoms with Gasteiger partial charge in [0.05, 0.1) is 0 Å². The number of ether oxygens (including phenoxy) is 1. The Morgan fingerprint density at radius 1 is 0.914 bits per heavy atom. The van der Waals surface area contributed by atoms with Crippen LogP contribution in [-0.2, 0) is 22.6 Å². The number of amides is 2. The number of aryl methyl sites for hydroxylation is 1. The van der Waals surface area contributed by atoms with Crippen molar-refractivity contribution in [2.75, 3.05) is 13.2 Å². The van der Waals surface area contributed by atoms with Crippen LogP contribution >= 0.6 is 0 Å². The highest BCUT2D eigenvalue weighted by molar-refractivity contribution is 5.88. The second-order valence-electron chi connectivity index (χ2n) is 9.12. The van der Waals surface area contributed by atoms with Gasteiger partial charge in [-0.05, 0) is 48.6 Å². The Labute approximate surface area is 209 Å². The van der Waals surface area contributed by atoms with Gasteiger partial charge in [-0.25, -0.2) is 0 Å². The minimum absolute atomic E-state index is 0.141. The molecule has 1 unspecified atom stereocenters. The number of carbonyl (C=O) groups excluding carboxylic acids is 2. The SMILES string of the molecule is CCNC(=O)C(Cc1ccccc1)N(Cc1cccc(C)c1)C(=O)COc1ccc(C(C)C)cc1. The van der Waals surface area contributed by atoms with Gasteiger partial charge in [0, 0.05) is 19.5 Å². The molecule has 0 saturated carbocycles. The highest BCUT2D eigenvalue weighted by Crippen LogP contribution is 2.20. The third kappa shape index (κ3) is 7.71. The molecule has 184 valence electrons. The van der Waals surface area contributed by atoms with E-state index in [1.54, 1.807) is 4.90 Å². The van der Waals surface area contributed by atoms with E-state index < -0.39 is 6.04 Å². The van der Waals surface area contributed by atoms with Crippen LogP contribution in [0.3, 0.4) is 0 Å². The Hall–Kier alpha value is -3.60.